The molecule has 1 aromatic heterocycles. The third-order valence-electron chi connectivity index (χ3n) is 4.26. The number of piperidine rings is 1. The van der Waals surface area contributed by atoms with E-state index >= 15 is 0 Å². The molecule has 0 bridgehead atoms. The van der Waals surface area contributed by atoms with Crippen molar-refractivity contribution in [3.63, 3.8) is 0 Å². The van der Waals surface area contributed by atoms with Gasteiger partial charge in [-0.3, -0.25) is 4.90 Å². The zero-order chi connectivity index (χ0) is 16.3. The predicted molar refractivity (Wildman–Crippen MR) is 85.7 cm³/mol. The van der Waals surface area contributed by atoms with Crippen molar-refractivity contribution in [1.82, 2.24) is 9.80 Å². The number of carbonyl (C=O) groups excluding carboxylic acids is 1. The van der Waals surface area contributed by atoms with Crippen LogP contribution in [0.15, 0.2) is 22.8 Å². The molecule has 0 N–H and O–H groups in total. The fraction of sp³-hybridized carbons (Fsp3) is 0.706. The van der Waals surface area contributed by atoms with Gasteiger partial charge in [0.25, 0.3) is 0 Å². The topological polar surface area (TPSA) is 45.9 Å². The molecule has 1 aliphatic rings. The maximum atomic E-state index is 12.1. The van der Waals surface area contributed by atoms with Gasteiger partial charge in [-0.25, -0.2) is 4.79 Å². The highest BCUT2D eigenvalue weighted by atomic mass is 16.6. The Labute approximate surface area is 133 Å². The highest BCUT2D eigenvalue weighted by molar-refractivity contribution is 5.68. The molecule has 5 nitrogen and oxygen atoms in total. The van der Waals surface area contributed by atoms with Gasteiger partial charge in [-0.2, -0.15) is 0 Å². The molecule has 0 aliphatic carbocycles. The fourth-order valence-electron chi connectivity index (χ4n) is 2.83. The normalized spacial score (nSPS) is 18.5. The van der Waals surface area contributed by atoms with Crippen molar-refractivity contribution < 1.29 is 13.9 Å². The van der Waals surface area contributed by atoms with Crippen LogP contribution in [0.5, 0.6) is 0 Å². The lowest BCUT2D eigenvalue weighted by Gasteiger charge is -2.39. The molecule has 0 radical (unpaired) electrons. The van der Waals surface area contributed by atoms with Gasteiger partial charge >= 0.3 is 6.09 Å². The van der Waals surface area contributed by atoms with E-state index in [1.54, 1.807) is 6.26 Å². The Morgan fingerprint density at radius 3 is 2.55 bits per heavy atom. The average molecular weight is 308 g/mol. The summed E-state index contributed by atoms with van der Waals surface area (Å²) in [6.45, 7) is 9.34. The van der Waals surface area contributed by atoms with Crippen LogP contribution in [0.3, 0.4) is 0 Å². The summed E-state index contributed by atoms with van der Waals surface area (Å²) >= 11 is 0. The van der Waals surface area contributed by atoms with Crippen LogP contribution in [0.1, 0.15) is 52.3 Å². The van der Waals surface area contributed by atoms with Crippen molar-refractivity contribution in [2.24, 2.45) is 0 Å². The van der Waals surface area contributed by atoms with E-state index in [4.69, 9.17) is 9.15 Å². The summed E-state index contributed by atoms with van der Waals surface area (Å²) in [7, 11) is 2.13. The summed E-state index contributed by atoms with van der Waals surface area (Å²) in [5.74, 6) is 0.983. The number of hydrogen-bond donors (Lipinski definition) is 0. The number of ether oxygens (including phenoxy) is 1. The Bertz CT molecular complexity index is 471. The molecule has 1 unspecified atom stereocenters. The first-order valence-electron chi connectivity index (χ1n) is 8.01. The second-order valence-electron chi connectivity index (χ2n) is 7.06. The summed E-state index contributed by atoms with van der Waals surface area (Å²) in [6, 6.07) is 4.63. The number of furan rings is 1. The average Bonchev–Trinajstić information content (AvgIpc) is 2.98. The van der Waals surface area contributed by atoms with E-state index in [0.717, 1.165) is 31.7 Å². The van der Waals surface area contributed by atoms with Gasteiger partial charge in [0, 0.05) is 19.1 Å². The van der Waals surface area contributed by atoms with Crippen LogP contribution in [-0.4, -0.2) is 47.7 Å². The van der Waals surface area contributed by atoms with Crippen LogP contribution in [0, 0.1) is 0 Å². The summed E-state index contributed by atoms with van der Waals surface area (Å²) < 4.78 is 10.9. The number of carbonyl (C=O) groups is 1. The van der Waals surface area contributed by atoms with Gasteiger partial charge in [-0.1, -0.05) is 0 Å². The second kappa shape index (κ2) is 6.73. The first-order valence-corrected chi connectivity index (χ1v) is 8.01. The molecule has 5 heteroatoms. The van der Waals surface area contributed by atoms with Crippen molar-refractivity contribution in [2.45, 2.75) is 58.2 Å². The minimum absolute atomic E-state index is 0.201. The molecule has 2 rings (SSSR count). The van der Waals surface area contributed by atoms with Crippen molar-refractivity contribution in [1.29, 1.82) is 0 Å². The van der Waals surface area contributed by atoms with Gasteiger partial charge in [0.05, 0.1) is 12.3 Å². The van der Waals surface area contributed by atoms with Crippen LogP contribution in [0.2, 0.25) is 0 Å². The van der Waals surface area contributed by atoms with Gasteiger partial charge in [0.1, 0.15) is 11.4 Å². The molecule has 1 amide bonds. The molecular weight excluding hydrogens is 280 g/mol. The Morgan fingerprint density at radius 1 is 1.41 bits per heavy atom. The minimum atomic E-state index is -0.432. The highest BCUT2D eigenvalue weighted by Crippen LogP contribution is 2.26. The largest absolute Gasteiger partial charge is 0.468 e. The molecule has 1 atom stereocenters. The highest BCUT2D eigenvalue weighted by Gasteiger charge is 2.30. The molecule has 1 fully saturated rings. The molecule has 0 spiro atoms. The summed E-state index contributed by atoms with van der Waals surface area (Å²) in [5.41, 5.74) is -0.432. The summed E-state index contributed by atoms with van der Waals surface area (Å²) in [5, 5.41) is 0. The van der Waals surface area contributed by atoms with E-state index in [1.807, 2.05) is 37.8 Å². The zero-order valence-electron chi connectivity index (χ0n) is 14.3. The summed E-state index contributed by atoms with van der Waals surface area (Å²) in [4.78, 5) is 16.2. The van der Waals surface area contributed by atoms with E-state index in [1.165, 1.54) is 0 Å². The number of nitrogens with zero attached hydrogens (tertiary/aromatic N) is 2. The minimum Gasteiger partial charge on any atom is -0.468 e. The SMILES string of the molecule is CC(c1ccco1)N(C)C1CCN(C(=O)OC(C)(C)C)CC1. The predicted octanol–water partition coefficient (Wildman–Crippen LogP) is 3.67. The lowest BCUT2D eigenvalue weighted by Crippen LogP contribution is -2.47. The van der Waals surface area contributed by atoms with Crippen LogP contribution < -0.4 is 0 Å². The number of hydrogen-bond acceptors (Lipinski definition) is 4. The maximum absolute atomic E-state index is 12.1. The standard InChI is InChI=1S/C17H28N2O3/c1-13(15-7-6-12-21-15)18(5)14-8-10-19(11-9-14)16(20)22-17(2,3)4/h6-7,12-14H,8-11H2,1-5H3. The number of likely N-dealkylation sites (tertiary alicyclic amines) is 1. The van der Waals surface area contributed by atoms with E-state index < -0.39 is 5.60 Å². The maximum Gasteiger partial charge on any atom is 0.410 e. The second-order valence-corrected chi connectivity index (χ2v) is 7.06. The van der Waals surface area contributed by atoms with E-state index in [2.05, 4.69) is 18.9 Å². The van der Waals surface area contributed by atoms with Crippen LogP contribution in [0.25, 0.3) is 0 Å². The molecule has 2 heterocycles. The van der Waals surface area contributed by atoms with Crippen molar-refractivity contribution in [2.75, 3.05) is 20.1 Å². The van der Waals surface area contributed by atoms with Crippen LogP contribution >= 0.6 is 0 Å². The molecule has 1 saturated heterocycles. The number of rotatable bonds is 3. The first kappa shape index (κ1) is 16.9. The lowest BCUT2D eigenvalue weighted by atomic mass is 10.0. The fourth-order valence-corrected chi connectivity index (χ4v) is 2.83. The summed E-state index contributed by atoms with van der Waals surface area (Å²) in [6.07, 6.45) is 3.43. The van der Waals surface area contributed by atoms with Crippen LogP contribution in [0.4, 0.5) is 4.79 Å². The van der Waals surface area contributed by atoms with E-state index in [9.17, 15) is 4.79 Å². The van der Waals surface area contributed by atoms with Gasteiger partial charge in [-0.05, 0) is 59.7 Å². The Morgan fingerprint density at radius 2 is 2.05 bits per heavy atom. The van der Waals surface area contributed by atoms with Crippen molar-refractivity contribution >= 4 is 6.09 Å². The number of amides is 1. The zero-order valence-corrected chi connectivity index (χ0v) is 14.3. The van der Waals surface area contributed by atoms with E-state index in [0.29, 0.717) is 6.04 Å². The molecule has 22 heavy (non-hydrogen) atoms. The lowest BCUT2D eigenvalue weighted by molar-refractivity contribution is 0.0131. The van der Waals surface area contributed by atoms with Crippen LogP contribution in [-0.2, 0) is 4.74 Å². The van der Waals surface area contributed by atoms with Gasteiger partial charge in [0.2, 0.25) is 0 Å². The van der Waals surface area contributed by atoms with E-state index in [-0.39, 0.29) is 12.1 Å². The molecular formula is C17H28N2O3. The Balaban J connectivity index is 1.85. The molecule has 1 aliphatic heterocycles. The van der Waals surface area contributed by atoms with Crippen molar-refractivity contribution in [3.8, 4) is 0 Å². The van der Waals surface area contributed by atoms with Gasteiger partial charge < -0.3 is 14.1 Å². The first-order chi connectivity index (χ1) is 10.3. The Hall–Kier alpha value is -1.49. The molecule has 1 aromatic rings. The van der Waals surface area contributed by atoms with Crippen molar-refractivity contribution in [3.05, 3.63) is 24.2 Å². The molecule has 0 aromatic carbocycles. The third kappa shape index (κ3) is 4.26. The van der Waals surface area contributed by atoms with Gasteiger partial charge in [0.15, 0.2) is 0 Å². The van der Waals surface area contributed by atoms with Gasteiger partial charge in [-0.15, -0.1) is 0 Å². The molecule has 0 saturated carbocycles. The third-order valence-corrected chi connectivity index (χ3v) is 4.26. The Kier molecular flexibility index (Phi) is 5.16. The molecule has 124 valence electrons. The monoisotopic (exact) mass is 308 g/mol. The quantitative estimate of drug-likeness (QED) is 0.854. The smallest absolute Gasteiger partial charge is 0.410 e.